The smallest absolute Gasteiger partial charge is 0.268 e. The van der Waals surface area contributed by atoms with Crippen molar-refractivity contribution in [1.29, 1.82) is 0 Å². The standard InChI is InChI=1S/C26H22N4O/c1-18(2)19-13-15-21(16-14-19)29-24(20-9-5-3-6-10-20)28-25-23(26(29)31)17-27-30(25)22-11-7-4-8-12-22/h3-18H,1-2H3. The van der Waals surface area contributed by atoms with Crippen molar-refractivity contribution in [3.05, 3.63) is 107 Å². The quantitative estimate of drug-likeness (QED) is 0.404. The van der Waals surface area contributed by atoms with E-state index >= 15 is 0 Å². The highest BCUT2D eigenvalue weighted by Crippen LogP contribution is 2.24. The first-order chi connectivity index (χ1) is 15.1. The van der Waals surface area contributed by atoms with Crippen LogP contribution in [0.4, 0.5) is 0 Å². The topological polar surface area (TPSA) is 52.7 Å². The van der Waals surface area contributed by atoms with Crippen LogP contribution in [0.2, 0.25) is 0 Å². The lowest BCUT2D eigenvalue weighted by molar-refractivity contribution is 0.863. The van der Waals surface area contributed by atoms with Gasteiger partial charge in [-0.1, -0.05) is 74.5 Å². The van der Waals surface area contributed by atoms with E-state index in [1.807, 2.05) is 72.8 Å². The zero-order valence-electron chi connectivity index (χ0n) is 17.4. The summed E-state index contributed by atoms with van der Waals surface area (Å²) in [6.07, 6.45) is 1.60. The number of rotatable bonds is 4. The Morgan fingerprint density at radius 3 is 2.06 bits per heavy atom. The lowest BCUT2D eigenvalue weighted by Gasteiger charge is -2.14. The van der Waals surface area contributed by atoms with Gasteiger partial charge in [-0.2, -0.15) is 5.10 Å². The second kappa shape index (κ2) is 7.69. The van der Waals surface area contributed by atoms with Gasteiger partial charge in [-0.3, -0.25) is 9.36 Å². The van der Waals surface area contributed by atoms with E-state index < -0.39 is 0 Å². The summed E-state index contributed by atoms with van der Waals surface area (Å²) < 4.78 is 3.40. The normalized spacial score (nSPS) is 11.3. The summed E-state index contributed by atoms with van der Waals surface area (Å²) in [5.74, 6) is 1.01. The monoisotopic (exact) mass is 406 g/mol. The SMILES string of the molecule is CC(C)c1ccc(-n2c(-c3ccccc3)nc3c(cnn3-c3ccccc3)c2=O)cc1. The maximum atomic E-state index is 13.7. The van der Waals surface area contributed by atoms with Crippen molar-refractivity contribution in [2.45, 2.75) is 19.8 Å². The summed E-state index contributed by atoms with van der Waals surface area (Å²) in [6, 6.07) is 27.6. The minimum Gasteiger partial charge on any atom is -0.268 e. The van der Waals surface area contributed by atoms with Gasteiger partial charge in [0, 0.05) is 5.56 Å². The van der Waals surface area contributed by atoms with Crippen LogP contribution in [0.5, 0.6) is 0 Å². The first kappa shape index (κ1) is 19.0. The van der Waals surface area contributed by atoms with Gasteiger partial charge in [0.2, 0.25) is 0 Å². The fourth-order valence-electron chi connectivity index (χ4n) is 3.75. The van der Waals surface area contributed by atoms with Crippen LogP contribution in [0, 0.1) is 0 Å². The maximum absolute atomic E-state index is 13.7. The summed E-state index contributed by atoms with van der Waals surface area (Å²) in [7, 11) is 0. The van der Waals surface area contributed by atoms with Gasteiger partial charge < -0.3 is 0 Å². The van der Waals surface area contributed by atoms with Crippen LogP contribution in [-0.4, -0.2) is 19.3 Å². The summed E-state index contributed by atoms with van der Waals surface area (Å²) >= 11 is 0. The van der Waals surface area contributed by atoms with Gasteiger partial charge in [-0.25, -0.2) is 9.67 Å². The predicted molar refractivity (Wildman–Crippen MR) is 124 cm³/mol. The van der Waals surface area contributed by atoms with Crippen molar-refractivity contribution in [3.8, 4) is 22.8 Å². The second-order valence-electron chi connectivity index (χ2n) is 7.82. The highest BCUT2D eigenvalue weighted by atomic mass is 16.1. The molecule has 2 aromatic heterocycles. The fourth-order valence-corrected chi connectivity index (χ4v) is 3.75. The molecule has 0 radical (unpaired) electrons. The third-order valence-corrected chi connectivity index (χ3v) is 5.45. The third-order valence-electron chi connectivity index (χ3n) is 5.45. The van der Waals surface area contributed by atoms with Gasteiger partial charge in [-0.15, -0.1) is 0 Å². The lowest BCUT2D eigenvalue weighted by atomic mass is 10.0. The molecule has 0 fully saturated rings. The number of benzene rings is 3. The zero-order valence-corrected chi connectivity index (χ0v) is 17.4. The van der Waals surface area contributed by atoms with Gasteiger partial charge >= 0.3 is 0 Å². The van der Waals surface area contributed by atoms with E-state index in [-0.39, 0.29) is 5.56 Å². The van der Waals surface area contributed by atoms with Crippen LogP contribution in [0.25, 0.3) is 33.8 Å². The Balaban J connectivity index is 1.80. The van der Waals surface area contributed by atoms with Crippen LogP contribution < -0.4 is 5.56 Å². The summed E-state index contributed by atoms with van der Waals surface area (Å²) in [6.45, 7) is 4.31. The lowest BCUT2D eigenvalue weighted by Crippen LogP contribution is -2.22. The Morgan fingerprint density at radius 2 is 1.42 bits per heavy atom. The van der Waals surface area contributed by atoms with Gasteiger partial charge in [0.1, 0.15) is 11.2 Å². The van der Waals surface area contributed by atoms with Crippen LogP contribution in [0.3, 0.4) is 0 Å². The molecule has 0 saturated carbocycles. The average Bonchev–Trinajstić information content (AvgIpc) is 3.25. The first-order valence-corrected chi connectivity index (χ1v) is 10.4. The van der Waals surface area contributed by atoms with E-state index in [0.717, 1.165) is 16.9 Å². The van der Waals surface area contributed by atoms with Crippen LogP contribution in [0.1, 0.15) is 25.3 Å². The van der Waals surface area contributed by atoms with Crippen molar-refractivity contribution >= 4 is 11.0 Å². The highest BCUT2D eigenvalue weighted by molar-refractivity contribution is 5.78. The van der Waals surface area contributed by atoms with Crippen LogP contribution in [0.15, 0.2) is 95.9 Å². The maximum Gasteiger partial charge on any atom is 0.269 e. The molecule has 2 heterocycles. The van der Waals surface area contributed by atoms with Crippen molar-refractivity contribution in [2.24, 2.45) is 0 Å². The molecule has 0 atom stereocenters. The Hall–Kier alpha value is -3.99. The molecule has 0 amide bonds. The van der Waals surface area contributed by atoms with E-state index in [2.05, 4.69) is 31.1 Å². The zero-order chi connectivity index (χ0) is 21.4. The molecule has 0 bridgehead atoms. The number of hydrogen-bond donors (Lipinski definition) is 0. The number of aromatic nitrogens is 4. The average molecular weight is 406 g/mol. The largest absolute Gasteiger partial charge is 0.269 e. The van der Waals surface area contributed by atoms with Crippen LogP contribution >= 0.6 is 0 Å². The van der Waals surface area contributed by atoms with Crippen LogP contribution in [-0.2, 0) is 0 Å². The molecule has 0 aliphatic heterocycles. The Labute approximate surface area is 180 Å². The molecule has 0 unspecified atom stereocenters. The number of para-hydroxylation sites is 1. The molecule has 5 rings (SSSR count). The van der Waals surface area contributed by atoms with Crippen molar-refractivity contribution in [3.63, 3.8) is 0 Å². The minimum atomic E-state index is -0.136. The van der Waals surface area contributed by atoms with Crippen molar-refractivity contribution < 1.29 is 0 Å². The van der Waals surface area contributed by atoms with E-state index in [1.165, 1.54) is 5.56 Å². The summed E-state index contributed by atoms with van der Waals surface area (Å²) in [4.78, 5) is 18.6. The molecule has 5 aromatic rings. The van der Waals surface area contributed by atoms with Gasteiger partial charge in [0.15, 0.2) is 5.65 Å². The number of hydrogen-bond acceptors (Lipinski definition) is 3. The molecule has 0 aliphatic rings. The fraction of sp³-hybridized carbons (Fsp3) is 0.115. The predicted octanol–water partition coefficient (Wildman–Crippen LogP) is 5.36. The molecule has 152 valence electrons. The van der Waals surface area contributed by atoms with E-state index in [1.54, 1.807) is 15.4 Å². The first-order valence-electron chi connectivity index (χ1n) is 10.4. The Bertz CT molecular complexity index is 1400. The molecule has 0 spiro atoms. The molecular weight excluding hydrogens is 384 g/mol. The molecule has 31 heavy (non-hydrogen) atoms. The molecular formula is C26H22N4O. The highest BCUT2D eigenvalue weighted by Gasteiger charge is 2.18. The van der Waals surface area contributed by atoms with E-state index in [0.29, 0.717) is 22.8 Å². The number of fused-ring (bicyclic) bond motifs is 1. The molecule has 5 nitrogen and oxygen atoms in total. The molecule has 0 N–H and O–H groups in total. The Morgan fingerprint density at radius 1 is 0.774 bits per heavy atom. The third kappa shape index (κ3) is 3.34. The summed E-state index contributed by atoms with van der Waals surface area (Å²) in [5.41, 5.74) is 4.16. The molecule has 5 heteroatoms. The molecule has 0 aliphatic carbocycles. The minimum absolute atomic E-state index is 0.136. The van der Waals surface area contributed by atoms with Gasteiger partial charge in [-0.05, 0) is 35.7 Å². The van der Waals surface area contributed by atoms with E-state index in [4.69, 9.17) is 4.98 Å². The van der Waals surface area contributed by atoms with E-state index in [9.17, 15) is 4.79 Å². The van der Waals surface area contributed by atoms with Gasteiger partial charge in [0.25, 0.3) is 5.56 Å². The molecule has 3 aromatic carbocycles. The number of nitrogens with zero attached hydrogens (tertiary/aromatic N) is 4. The van der Waals surface area contributed by atoms with Gasteiger partial charge in [0.05, 0.1) is 17.6 Å². The van der Waals surface area contributed by atoms with Crippen molar-refractivity contribution in [1.82, 2.24) is 19.3 Å². The van der Waals surface area contributed by atoms with Crippen molar-refractivity contribution in [2.75, 3.05) is 0 Å². The second-order valence-corrected chi connectivity index (χ2v) is 7.82. The summed E-state index contributed by atoms with van der Waals surface area (Å²) in [5, 5.41) is 4.96. The Kier molecular flexibility index (Phi) is 4.71. The molecule has 0 saturated heterocycles.